The molecule has 2 aromatic heterocycles. The maximum absolute atomic E-state index is 9.29. The highest BCUT2D eigenvalue weighted by atomic mass is 32.1. The largest absolute Gasteiger partial charge is 0.365 e. The Morgan fingerprint density at radius 1 is 1.54 bits per heavy atom. The summed E-state index contributed by atoms with van der Waals surface area (Å²) >= 11 is 0.598. The van der Waals surface area contributed by atoms with Crippen LogP contribution in [0.25, 0.3) is 10.3 Å². The van der Waals surface area contributed by atoms with Crippen molar-refractivity contribution in [3.8, 4) is 6.07 Å². The lowest BCUT2D eigenvalue weighted by atomic mass is 10.0. The van der Waals surface area contributed by atoms with Gasteiger partial charge in [-0.2, -0.15) is 5.26 Å². The first kappa shape index (κ1) is 8.85. The van der Waals surface area contributed by atoms with E-state index in [1.165, 1.54) is 0 Å². The summed E-state index contributed by atoms with van der Waals surface area (Å²) in [5.41, 5.74) is -0.383. The summed E-state index contributed by atoms with van der Waals surface area (Å²) in [6.07, 6.45) is 1.08. The van der Waals surface area contributed by atoms with Gasteiger partial charge >= 0.3 is 0 Å². The molecule has 0 bridgehead atoms. The topological polar surface area (TPSA) is 77.7 Å². The van der Waals surface area contributed by atoms with Crippen LogP contribution in [0, 0.1) is 11.3 Å². The van der Waals surface area contributed by atoms with Crippen LogP contribution < -0.4 is 5.31 Å². The van der Waals surface area contributed by atoms with E-state index in [1.54, 1.807) is 11.0 Å². The smallest absolute Gasteiger partial charge is 0.162 e. The van der Waals surface area contributed by atoms with E-state index < -0.39 is 37.1 Å². The van der Waals surface area contributed by atoms with E-state index in [1.807, 2.05) is 0 Å². The number of piperidine rings is 1. The third-order valence-corrected chi connectivity index (χ3v) is 5.14. The SMILES string of the molecule is [2H]c1cc([2H])c(C([2H])N2CCC([2H])(N([2H])c3ncnc4sc(C([2H])(C([2H])([2H])[2H])C([2H])([2H])[2H])nc34)CC2)c([2H])c1C#N. The van der Waals surface area contributed by atoms with Crippen molar-refractivity contribution in [2.24, 2.45) is 0 Å². The van der Waals surface area contributed by atoms with Crippen LogP contribution in [0.4, 0.5) is 5.82 Å². The molecule has 1 N–H and O–H groups in total. The van der Waals surface area contributed by atoms with Gasteiger partial charge in [0.15, 0.2) is 7.23 Å². The zero-order valence-electron chi connectivity index (χ0n) is 27.7. The van der Waals surface area contributed by atoms with E-state index in [-0.39, 0.29) is 71.4 Å². The number of likely N-dealkylation sites (tertiary alicyclic amines) is 1. The monoisotopic (exact) mass is 405 g/mol. The van der Waals surface area contributed by atoms with Crippen LogP contribution in [0.2, 0.25) is 1.41 Å². The maximum Gasteiger partial charge on any atom is 0.162 e. The van der Waals surface area contributed by atoms with Gasteiger partial charge in [0.05, 0.1) is 22.1 Å². The Morgan fingerprint density at radius 2 is 2.39 bits per heavy atom. The number of anilines is 1. The molecule has 6 nitrogen and oxygen atoms in total. The highest BCUT2D eigenvalue weighted by Crippen LogP contribution is 2.29. The fraction of sp³-hybridized carbons (Fsp3) is 0.429. The summed E-state index contributed by atoms with van der Waals surface area (Å²) in [6.45, 7) is -7.54. The molecular weight excluding hydrogens is 368 g/mol. The van der Waals surface area contributed by atoms with Gasteiger partial charge in [-0.05, 0) is 30.5 Å². The van der Waals surface area contributed by atoms with Gasteiger partial charge in [0, 0.05) is 42.5 Å². The normalized spacial score (nSPS) is 26.0. The first-order chi connectivity index (χ1) is 18.9. The molecule has 1 fully saturated rings. The number of nitriles is 1. The molecule has 4 rings (SSSR count). The molecule has 1 saturated heterocycles. The van der Waals surface area contributed by atoms with Gasteiger partial charge in [-0.3, -0.25) is 4.90 Å². The van der Waals surface area contributed by atoms with Crippen molar-refractivity contribution in [1.29, 1.82) is 5.26 Å². The van der Waals surface area contributed by atoms with Crippen LogP contribution in [0.3, 0.4) is 0 Å². The molecule has 3 aromatic rings. The molecule has 3 heterocycles. The summed E-state index contributed by atoms with van der Waals surface area (Å²) in [7, 11) is 0. The summed E-state index contributed by atoms with van der Waals surface area (Å²) in [5, 5.41) is 9.53. The molecule has 144 valence electrons. The van der Waals surface area contributed by atoms with Crippen molar-refractivity contribution < 1.29 is 17.9 Å². The van der Waals surface area contributed by atoms with Crippen molar-refractivity contribution in [3.05, 3.63) is 46.7 Å². The van der Waals surface area contributed by atoms with Gasteiger partial charge in [-0.1, -0.05) is 37.1 Å². The van der Waals surface area contributed by atoms with E-state index in [4.69, 9.17) is 17.9 Å². The summed E-state index contributed by atoms with van der Waals surface area (Å²) < 4.78 is 105. The standard InChI is InChI=1S/C21H24N6S/c1-14(2)20-26-18-19(23-13-24-21(18)28-20)25-17-6-8-27(9-7-17)12-16-5-3-4-15(10-16)11-22/h3-5,10,13-14,17H,6-9,12H2,1-2H3,(H,23,24,25)/i1D3,2D3,4D,5D,10D,12D,14D,17D/hD. The summed E-state index contributed by atoms with van der Waals surface area (Å²) in [5.74, 6) is -3.23. The van der Waals surface area contributed by atoms with Crippen LogP contribution in [0.1, 0.15) is 65.0 Å². The Morgan fingerprint density at radius 3 is 3.18 bits per heavy atom. The van der Waals surface area contributed by atoms with Crippen LogP contribution >= 0.6 is 11.3 Å². The number of aromatic nitrogens is 3. The summed E-state index contributed by atoms with van der Waals surface area (Å²) in [4.78, 5) is 13.8. The third kappa shape index (κ3) is 4.13. The maximum atomic E-state index is 9.29. The molecule has 28 heavy (non-hydrogen) atoms. The number of rotatable bonds is 5. The number of nitrogens with zero attached hydrogens (tertiary/aromatic N) is 5. The Hall–Kier alpha value is -2.56. The first-order valence-corrected chi connectivity index (χ1v) is 9.27. The average molecular weight is 406 g/mol. The van der Waals surface area contributed by atoms with E-state index in [2.05, 4.69) is 15.0 Å². The first-order valence-electron chi connectivity index (χ1n) is 15.0. The number of thiazole rings is 1. The predicted octanol–water partition coefficient (Wildman–Crippen LogP) is 4.16. The molecular formula is C21H24N6S. The molecule has 7 heteroatoms. The molecule has 0 radical (unpaired) electrons. The zero-order valence-corrected chi connectivity index (χ0v) is 15.5. The zero-order chi connectivity index (χ0) is 30.7. The molecule has 0 amide bonds. The molecule has 0 saturated carbocycles. The summed E-state index contributed by atoms with van der Waals surface area (Å²) in [6, 6.07) is 0.422. The second-order valence-corrected chi connectivity index (χ2v) is 7.02. The van der Waals surface area contributed by atoms with Gasteiger partial charge in [0.1, 0.15) is 16.7 Å². The lowest BCUT2D eigenvalue weighted by molar-refractivity contribution is 0.211. The van der Waals surface area contributed by atoms with E-state index >= 15 is 0 Å². The fourth-order valence-electron chi connectivity index (χ4n) is 2.81. The van der Waals surface area contributed by atoms with Gasteiger partial charge in [-0.15, -0.1) is 0 Å². The van der Waals surface area contributed by atoms with Crippen molar-refractivity contribution in [2.75, 3.05) is 18.4 Å². The predicted molar refractivity (Wildman–Crippen MR) is 112 cm³/mol. The second-order valence-electron chi connectivity index (χ2n) is 6.05. The van der Waals surface area contributed by atoms with Crippen LogP contribution in [0.15, 0.2) is 30.5 Å². The molecule has 1 aliphatic rings. The molecule has 0 spiro atoms. The number of hydrogen-bond acceptors (Lipinski definition) is 7. The Kier molecular flexibility index (Phi) is 2.59. The quantitative estimate of drug-likeness (QED) is 0.687. The second kappa shape index (κ2) is 8.21. The van der Waals surface area contributed by atoms with Crippen molar-refractivity contribution >= 4 is 27.5 Å². The van der Waals surface area contributed by atoms with Gasteiger partial charge in [0.25, 0.3) is 0 Å². The number of nitrogens with one attached hydrogen (secondary N) is 1. The highest BCUT2D eigenvalue weighted by Gasteiger charge is 2.21. The van der Waals surface area contributed by atoms with Crippen molar-refractivity contribution in [3.63, 3.8) is 0 Å². The highest BCUT2D eigenvalue weighted by molar-refractivity contribution is 7.18. The number of hydrogen-bond donors (Lipinski definition) is 1. The Bertz CT molecular complexity index is 1490. The molecule has 1 unspecified atom stereocenters. The molecule has 1 aliphatic heterocycles. The van der Waals surface area contributed by atoms with Crippen LogP contribution in [-0.4, -0.2) is 39.0 Å². The minimum atomic E-state index is -3.26. The van der Waals surface area contributed by atoms with E-state index in [9.17, 15) is 5.26 Å². The minimum absolute atomic E-state index is 0.00357. The van der Waals surface area contributed by atoms with Crippen LogP contribution in [0.5, 0.6) is 0 Å². The molecule has 1 atom stereocenters. The average Bonchev–Trinajstić information content (AvgIpc) is 3.31. The van der Waals surface area contributed by atoms with Crippen molar-refractivity contribution in [1.82, 2.24) is 19.9 Å². The molecule has 1 aromatic carbocycles. The Labute approximate surface area is 187 Å². The Balaban J connectivity index is 1.63. The van der Waals surface area contributed by atoms with Gasteiger partial charge in [-0.25, -0.2) is 15.0 Å². The van der Waals surface area contributed by atoms with Gasteiger partial charge in [0.2, 0.25) is 0 Å². The molecule has 0 aliphatic carbocycles. The van der Waals surface area contributed by atoms with Crippen LogP contribution in [-0.2, 0) is 6.52 Å². The lowest BCUT2D eigenvalue weighted by Gasteiger charge is -2.32. The number of benzene rings is 1. The number of fused-ring (bicyclic) bond motifs is 1. The van der Waals surface area contributed by atoms with E-state index in [0.29, 0.717) is 11.3 Å². The minimum Gasteiger partial charge on any atom is -0.365 e. The third-order valence-electron chi connectivity index (χ3n) is 4.16. The van der Waals surface area contributed by atoms with Crippen molar-refractivity contribution in [2.45, 2.75) is 45.0 Å². The van der Waals surface area contributed by atoms with Gasteiger partial charge < -0.3 is 5.31 Å². The lowest BCUT2D eigenvalue weighted by Crippen LogP contribution is -2.38. The van der Waals surface area contributed by atoms with E-state index in [0.717, 1.165) is 17.7 Å². The fourth-order valence-corrected chi connectivity index (χ4v) is 3.56.